The third-order valence-corrected chi connectivity index (χ3v) is 3.05. The number of anilines is 1. The molecule has 0 spiro atoms. The van der Waals surface area contributed by atoms with E-state index < -0.39 is 0 Å². The van der Waals surface area contributed by atoms with Crippen molar-refractivity contribution < 1.29 is 9.53 Å². The van der Waals surface area contributed by atoms with E-state index in [4.69, 9.17) is 4.74 Å². The second-order valence-corrected chi connectivity index (χ2v) is 4.25. The number of methoxy groups -OCH3 is 1. The molecular formula is C15H16N2O2. The van der Waals surface area contributed by atoms with Crippen molar-refractivity contribution in [3.05, 3.63) is 53.3 Å². The molecule has 0 radical (unpaired) electrons. The number of carbonyl (C=O) groups excluding carboxylic acids is 1. The molecule has 4 heteroatoms. The SMILES string of the molecule is COc1ccc(NC(=O)c2ccnc(C)c2C)cc1. The third-order valence-electron chi connectivity index (χ3n) is 3.05. The molecule has 0 aliphatic carbocycles. The van der Waals surface area contributed by atoms with Crippen LogP contribution in [0.15, 0.2) is 36.5 Å². The van der Waals surface area contributed by atoms with Crippen molar-refractivity contribution >= 4 is 11.6 Å². The number of nitrogens with zero attached hydrogens (tertiary/aromatic N) is 1. The minimum absolute atomic E-state index is 0.131. The number of pyridine rings is 1. The van der Waals surface area contributed by atoms with Crippen LogP contribution in [0.4, 0.5) is 5.69 Å². The standard InChI is InChI=1S/C15H16N2O2/c1-10-11(2)16-9-8-14(10)15(18)17-12-4-6-13(19-3)7-5-12/h4-9H,1-3H3,(H,17,18). The first-order valence-corrected chi connectivity index (χ1v) is 5.99. The molecule has 0 atom stereocenters. The Hall–Kier alpha value is -2.36. The lowest BCUT2D eigenvalue weighted by Gasteiger charge is -2.09. The van der Waals surface area contributed by atoms with Crippen LogP contribution in [-0.2, 0) is 0 Å². The lowest BCUT2D eigenvalue weighted by Crippen LogP contribution is -2.14. The molecule has 0 aliphatic heterocycles. The average Bonchev–Trinajstić information content (AvgIpc) is 2.42. The zero-order valence-corrected chi connectivity index (χ0v) is 11.2. The van der Waals surface area contributed by atoms with Crippen LogP contribution in [0.25, 0.3) is 0 Å². The predicted octanol–water partition coefficient (Wildman–Crippen LogP) is 2.96. The van der Waals surface area contributed by atoms with E-state index in [1.54, 1.807) is 43.6 Å². The normalized spacial score (nSPS) is 10.1. The van der Waals surface area contributed by atoms with Gasteiger partial charge in [-0.1, -0.05) is 0 Å². The summed E-state index contributed by atoms with van der Waals surface area (Å²) in [5, 5.41) is 2.86. The maximum absolute atomic E-state index is 12.2. The molecule has 0 fully saturated rings. The Morgan fingerprint density at radius 1 is 1.16 bits per heavy atom. The summed E-state index contributed by atoms with van der Waals surface area (Å²) in [6.07, 6.45) is 1.64. The highest BCUT2D eigenvalue weighted by atomic mass is 16.5. The number of hydrogen-bond acceptors (Lipinski definition) is 3. The Balaban J connectivity index is 2.18. The molecule has 0 bridgehead atoms. The van der Waals surface area contributed by atoms with Crippen molar-refractivity contribution in [2.24, 2.45) is 0 Å². The topological polar surface area (TPSA) is 51.2 Å². The van der Waals surface area contributed by atoms with Crippen molar-refractivity contribution in [2.45, 2.75) is 13.8 Å². The zero-order chi connectivity index (χ0) is 13.8. The van der Waals surface area contributed by atoms with Crippen LogP contribution in [0, 0.1) is 13.8 Å². The van der Waals surface area contributed by atoms with Crippen LogP contribution in [0.1, 0.15) is 21.6 Å². The van der Waals surface area contributed by atoms with E-state index in [9.17, 15) is 4.79 Å². The molecule has 1 aromatic heterocycles. The Morgan fingerprint density at radius 2 is 1.84 bits per heavy atom. The van der Waals surface area contributed by atoms with Gasteiger partial charge in [0.25, 0.3) is 5.91 Å². The van der Waals surface area contributed by atoms with E-state index in [1.807, 2.05) is 13.8 Å². The number of benzene rings is 1. The molecule has 19 heavy (non-hydrogen) atoms. The first kappa shape index (κ1) is 13.1. The maximum Gasteiger partial charge on any atom is 0.256 e. The van der Waals surface area contributed by atoms with Crippen LogP contribution in [0.2, 0.25) is 0 Å². The molecule has 98 valence electrons. The molecule has 0 aliphatic rings. The molecule has 2 aromatic rings. The number of ether oxygens (including phenoxy) is 1. The number of aromatic nitrogens is 1. The molecule has 0 saturated heterocycles. The minimum atomic E-state index is -0.131. The molecule has 1 heterocycles. The number of carbonyl (C=O) groups is 1. The van der Waals surface area contributed by atoms with E-state index in [0.29, 0.717) is 5.56 Å². The average molecular weight is 256 g/mol. The van der Waals surface area contributed by atoms with Gasteiger partial charge in [-0.25, -0.2) is 0 Å². The molecule has 0 saturated carbocycles. The van der Waals surface area contributed by atoms with Gasteiger partial charge >= 0.3 is 0 Å². The van der Waals surface area contributed by atoms with Crippen molar-refractivity contribution in [1.29, 1.82) is 0 Å². The minimum Gasteiger partial charge on any atom is -0.497 e. The molecule has 1 amide bonds. The van der Waals surface area contributed by atoms with Gasteiger partial charge in [0.2, 0.25) is 0 Å². The van der Waals surface area contributed by atoms with Crippen LogP contribution in [-0.4, -0.2) is 18.0 Å². The van der Waals surface area contributed by atoms with Crippen LogP contribution >= 0.6 is 0 Å². The van der Waals surface area contributed by atoms with E-state index >= 15 is 0 Å². The van der Waals surface area contributed by atoms with E-state index in [2.05, 4.69) is 10.3 Å². The van der Waals surface area contributed by atoms with Gasteiger partial charge in [-0.15, -0.1) is 0 Å². The second-order valence-electron chi connectivity index (χ2n) is 4.25. The molecule has 1 aromatic carbocycles. The molecule has 4 nitrogen and oxygen atoms in total. The fourth-order valence-corrected chi connectivity index (χ4v) is 1.76. The van der Waals surface area contributed by atoms with Crippen molar-refractivity contribution in [2.75, 3.05) is 12.4 Å². The van der Waals surface area contributed by atoms with Gasteiger partial charge in [-0.05, 0) is 49.7 Å². The number of rotatable bonds is 3. The summed E-state index contributed by atoms with van der Waals surface area (Å²) in [4.78, 5) is 16.3. The quantitative estimate of drug-likeness (QED) is 0.918. The zero-order valence-electron chi connectivity index (χ0n) is 11.2. The van der Waals surface area contributed by atoms with Crippen LogP contribution in [0.5, 0.6) is 5.75 Å². The van der Waals surface area contributed by atoms with Gasteiger partial charge in [0.1, 0.15) is 5.75 Å². The van der Waals surface area contributed by atoms with Gasteiger partial charge < -0.3 is 10.1 Å². The van der Waals surface area contributed by atoms with Gasteiger partial charge in [-0.3, -0.25) is 9.78 Å². The highest BCUT2D eigenvalue weighted by Gasteiger charge is 2.10. The third kappa shape index (κ3) is 2.91. The Morgan fingerprint density at radius 3 is 2.47 bits per heavy atom. The molecule has 1 N–H and O–H groups in total. The Labute approximate surface area is 112 Å². The first-order chi connectivity index (χ1) is 9.11. The molecular weight excluding hydrogens is 240 g/mol. The number of amides is 1. The Kier molecular flexibility index (Phi) is 3.80. The van der Waals surface area contributed by atoms with Crippen molar-refractivity contribution in [1.82, 2.24) is 4.98 Å². The summed E-state index contributed by atoms with van der Waals surface area (Å²) in [6, 6.07) is 8.95. The smallest absolute Gasteiger partial charge is 0.256 e. The van der Waals surface area contributed by atoms with Crippen LogP contribution < -0.4 is 10.1 Å². The van der Waals surface area contributed by atoms with Gasteiger partial charge in [0, 0.05) is 23.1 Å². The lowest BCUT2D eigenvalue weighted by atomic mass is 10.1. The largest absolute Gasteiger partial charge is 0.497 e. The predicted molar refractivity (Wildman–Crippen MR) is 74.7 cm³/mol. The van der Waals surface area contributed by atoms with Crippen LogP contribution in [0.3, 0.4) is 0 Å². The van der Waals surface area contributed by atoms with Gasteiger partial charge in [-0.2, -0.15) is 0 Å². The summed E-state index contributed by atoms with van der Waals surface area (Å²) in [6.45, 7) is 3.78. The fraction of sp³-hybridized carbons (Fsp3) is 0.200. The highest BCUT2D eigenvalue weighted by molar-refractivity contribution is 6.05. The number of nitrogens with one attached hydrogen (secondary N) is 1. The first-order valence-electron chi connectivity index (χ1n) is 5.99. The summed E-state index contributed by atoms with van der Waals surface area (Å²) < 4.78 is 5.07. The molecule has 2 rings (SSSR count). The lowest BCUT2D eigenvalue weighted by molar-refractivity contribution is 0.102. The van der Waals surface area contributed by atoms with Gasteiger partial charge in [0.15, 0.2) is 0 Å². The van der Waals surface area contributed by atoms with E-state index in [-0.39, 0.29) is 5.91 Å². The summed E-state index contributed by atoms with van der Waals surface area (Å²) in [5.74, 6) is 0.627. The molecule has 0 unspecified atom stereocenters. The van der Waals surface area contributed by atoms with E-state index in [0.717, 1.165) is 22.7 Å². The monoisotopic (exact) mass is 256 g/mol. The highest BCUT2D eigenvalue weighted by Crippen LogP contribution is 2.17. The van der Waals surface area contributed by atoms with Crippen molar-refractivity contribution in [3.63, 3.8) is 0 Å². The second kappa shape index (κ2) is 5.52. The summed E-state index contributed by atoms with van der Waals surface area (Å²) in [7, 11) is 1.61. The number of aryl methyl sites for hydroxylation is 1. The fourth-order valence-electron chi connectivity index (χ4n) is 1.76. The summed E-state index contributed by atoms with van der Waals surface area (Å²) >= 11 is 0. The Bertz CT molecular complexity index is 592. The van der Waals surface area contributed by atoms with Gasteiger partial charge in [0.05, 0.1) is 7.11 Å². The summed E-state index contributed by atoms with van der Waals surface area (Å²) in [5.41, 5.74) is 3.14. The van der Waals surface area contributed by atoms with Crippen molar-refractivity contribution in [3.8, 4) is 5.75 Å². The maximum atomic E-state index is 12.2. The van der Waals surface area contributed by atoms with E-state index in [1.165, 1.54) is 0 Å². The number of hydrogen-bond donors (Lipinski definition) is 1.